The first-order valence-corrected chi connectivity index (χ1v) is 27.5. The van der Waals surface area contributed by atoms with E-state index in [4.69, 9.17) is 18.5 Å². The Kier molecular flexibility index (Phi) is 37.1. The van der Waals surface area contributed by atoms with Crippen molar-refractivity contribution >= 4 is 27.6 Å². The van der Waals surface area contributed by atoms with Crippen molar-refractivity contribution in [3.63, 3.8) is 0 Å². The number of allylic oxidation sites excluding steroid dienone is 17. The number of carbonyl (C=O) groups excluding carboxylic acids is 2. The summed E-state index contributed by atoms with van der Waals surface area (Å²) >= 11 is 0. The third kappa shape index (κ3) is 34.1. The number of ether oxygens (including phenoxy) is 2. The minimum absolute atomic E-state index is 0.00777. The second-order valence-electron chi connectivity index (χ2n) is 16.6. The lowest BCUT2D eigenvalue weighted by Gasteiger charge is -2.43. The van der Waals surface area contributed by atoms with Gasteiger partial charge in [0.2, 0.25) is 0 Å². The number of aliphatic hydroxyl groups excluding tert-OH is 5. The maximum absolute atomic E-state index is 13.0. The topological polar surface area (TPSA) is 276 Å². The summed E-state index contributed by atoms with van der Waals surface area (Å²) in [6.45, 7) is 2.76. The van der Waals surface area contributed by atoms with E-state index in [0.717, 1.165) is 51.4 Å². The van der Waals surface area contributed by atoms with Crippen molar-refractivity contribution in [1.29, 1.82) is 0 Å². The standard InChI is InChI=1S/C51H82O17P2/c1-3-5-6-7-8-9-10-11-12-13-14-15-16-19-23-26-29-32-35-39-45(54)66-43(41-65-70(62,63)68-51-48(57)46(55)47(56)50(49(51)58)67-69(59,60)61)40-64-44(53)38-34-31-28-25-22-20-17-18-21-24-27-30-33-37-42(52)36-4-2/h8-9,11-12,14-15,17,19-21,23-25,28-30,32-33,42-43,46-52,55-58H,3-7,10,13,16,18,22,26-27,31,34-41H2,1-2H3,(H,62,63)(H2,59,60,61)/b9-8-,12-11-,15-14-,20-17-,23-19-,24-21-,28-25-,32-29-,33-30-/t42?,43-,46?,47?,48?,49?,50-,51+/m1/s1. The Labute approximate surface area is 415 Å². The first kappa shape index (κ1) is 64.6. The summed E-state index contributed by atoms with van der Waals surface area (Å²) in [5, 5.41) is 51.0. The Bertz CT molecular complexity index is 1780. The highest BCUT2D eigenvalue weighted by Gasteiger charge is 2.54. The predicted octanol–water partition coefficient (Wildman–Crippen LogP) is 8.70. The molecule has 0 spiro atoms. The van der Waals surface area contributed by atoms with E-state index in [1.807, 2.05) is 61.6 Å². The number of carbonyl (C=O) groups is 2. The Morgan fingerprint density at radius 3 is 1.46 bits per heavy atom. The summed E-state index contributed by atoms with van der Waals surface area (Å²) < 4.78 is 49.2. The van der Waals surface area contributed by atoms with Gasteiger partial charge in [0.1, 0.15) is 43.2 Å². The smallest absolute Gasteiger partial charge is 0.462 e. The highest BCUT2D eigenvalue weighted by atomic mass is 31.2. The van der Waals surface area contributed by atoms with E-state index in [1.54, 1.807) is 6.08 Å². The largest absolute Gasteiger partial charge is 0.472 e. The van der Waals surface area contributed by atoms with Gasteiger partial charge in [0.05, 0.1) is 12.7 Å². The van der Waals surface area contributed by atoms with Gasteiger partial charge in [-0.1, -0.05) is 142 Å². The molecule has 1 saturated carbocycles. The molecule has 0 aliphatic heterocycles. The van der Waals surface area contributed by atoms with Crippen LogP contribution >= 0.6 is 15.6 Å². The van der Waals surface area contributed by atoms with Crippen LogP contribution in [-0.2, 0) is 41.8 Å². The van der Waals surface area contributed by atoms with Crippen LogP contribution in [0.15, 0.2) is 109 Å². The number of phosphoric acid groups is 2. The maximum atomic E-state index is 13.0. The average Bonchev–Trinajstić information content (AvgIpc) is 3.31. The van der Waals surface area contributed by atoms with Crippen LogP contribution in [0.5, 0.6) is 0 Å². The number of esters is 2. The van der Waals surface area contributed by atoms with E-state index in [9.17, 15) is 58.9 Å². The maximum Gasteiger partial charge on any atom is 0.472 e. The zero-order chi connectivity index (χ0) is 51.9. The molecule has 70 heavy (non-hydrogen) atoms. The zero-order valence-electron chi connectivity index (χ0n) is 41.0. The predicted molar refractivity (Wildman–Crippen MR) is 270 cm³/mol. The number of unbranched alkanes of at least 4 members (excludes halogenated alkanes) is 4. The van der Waals surface area contributed by atoms with Crippen molar-refractivity contribution in [3.8, 4) is 0 Å². The van der Waals surface area contributed by atoms with E-state index in [0.29, 0.717) is 32.1 Å². The molecular formula is C51H82O17P2. The zero-order valence-corrected chi connectivity index (χ0v) is 42.8. The van der Waals surface area contributed by atoms with Crippen LogP contribution in [0, 0.1) is 0 Å². The van der Waals surface area contributed by atoms with E-state index in [1.165, 1.54) is 19.3 Å². The molecule has 0 heterocycles. The summed E-state index contributed by atoms with van der Waals surface area (Å²) in [7, 11) is -10.7. The van der Waals surface area contributed by atoms with E-state index in [2.05, 4.69) is 60.1 Å². The lowest BCUT2D eigenvalue weighted by atomic mass is 9.85. The first-order chi connectivity index (χ1) is 33.5. The number of hydrogen-bond acceptors (Lipinski definition) is 14. The molecule has 1 aliphatic carbocycles. The summed E-state index contributed by atoms with van der Waals surface area (Å²) in [6, 6.07) is 0. The van der Waals surface area contributed by atoms with Crippen molar-refractivity contribution < 1.29 is 82.0 Å². The van der Waals surface area contributed by atoms with Crippen LogP contribution in [0.3, 0.4) is 0 Å². The molecule has 9 atom stereocenters. The van der Waals surface area contributed by atoms with Crippen LogP contribution in [0.4, 0.5) is 0 Å². The van der Waals surface area contributed by atoms with Crippen LogP contribution in [0.1, 0.15) is 136 Å². The SMILES string of the molecule is CCCCC/C=C\C/C=C\C/C=C\C/C=C\C/C=C\CCC(=O)O[C@H](COC(=O)CCC/C=C\C/C=C\C/C=C\C/C=C\CC(O)CCC)COP(=O)(O)O[C@H]1C(O)C(O)C(O)[C@@H](OP(=O)(O)O)C1O. The van der Waals surface area contributed by atoms with Gasteiger partial charge in [-0.05, 0) is 89.9 Å². The minimum Gasteiger partial charge on any atom is -0.462 e. The monoisotopic (exact) mass is 1030 g/mol. The molecule has 0 radical (unpaired) electrons. The number of aliphatic hydroxyl groups is 5. The molecule has 0 amide bonds. The van der Waals surface area contributed by atoms with Crippen LogP contribution in [0.25, 0.3) is 0 Å². The summed E-state index contributed by atoms with van der Waals surface area (Å²) in [6.07, 6.45) is 35.5. The molecule has 0 aromatic carbocycles. The van der Waals surface area contributed by atoms with Crippen LogP contribution in [0.2, 0.25) is 0 Å². The second kappa shape index (κ2) is 40.1. The summed E-state index contributed by atoms with van der Waals surface area (Å²) in [5.74, 6) is -1.40. The molecule has 1 aliphatic rings. The molecule has 0 aromatic rings. The molecule has 8 N–H and O–H groups in total. The van der Waals surface area contributed by atoms with Crippen molar-refractivity contribution in [1.82, 2.24) is 0 Å². The molecular weight excluding hydrogens is 946 g/mol. The molecule has 0 saturated heterocycles. The average molecular weight is 1030 g/mol. The van der Waals surface area contributed by atoms with Gasteiger partial charge >= 0.3 is 27.6 Å². The molecule has 398 valence electrons. The van der Waals surface area contributed by atoms with Gasteiger partial charge in [-0.25, -0.2) is 9.13 Å². The minimum atomic E-state index is -5.39. The van der Waals surface area contributed by atoms with E-state index in [-0.39, 0.29) is 25.4 Å². The molecule has 1 rings (SSSR count). The third-order valence-corrected chi connectivity index (χ3v) is 11.9. The third-order valence-electron chi connectivity index (χ3n) is 10.4. The fourth-order valence-electron chi connectivity index (χ4n) is 6.60. The van der Waals surface area contributed by atoms with Gasteiger partial charge in [0.25, 0.3) is 0 Å². The lowest BCUT2D eigenvalue weighted by molar-refractivity contribution is -0.216. The first-order valence-electron chi connectivity index (χ1n) is 24.5. The van der Waals surface area contributed by atoms with Gasteiger partial charge in [-0.15, -0.1) is 0 Å². The van der Waals surface area contributed by atoms with Gasteiger partial charge in [0.15, 0.2) is 6.10 Å². The van der Waals surface area contributed by atoms with E-state index >= 15 is 0 Å². The number of hydrogen-bond donors (Lipinski definition) is 8. The normalized spacial score (nSPS) is 22.4. The highest BCUT2D eigenvalue weighted by molar-refractivity contribution is 7.47. The molecule has 19 heteroatoms. The second-order valence-corrected chi connectivity index (χ2v) is 19.2. The van der Waals surface area contributed by atoms with Crippen molar-refractivity contribution in [2.75, 3.05) is 13.2 Å². The van der Waals surface area contributed by atoms with Crippen LogP contribution < -0.4 is 0 Å². The summed E-state index contributed by atoms with van der Waals surface area (Å²) in [5.41, 5.74) is 0. The van der Waals surface area contributed by atoms with Gasteiger partial charge in [-0.2, -0.15) is 0 Å². The van der Waals surface area contributed by atoms with Crippen molar-refractivity contribution in [2.24, 2.45) is 0 Å². The quantitative estimate of drug-likeness (QED) is 0.0124. The summed E-state index contributed by atoms with van der Waals surface area (Å²) in [4.78, 5) is 54.3. The molecule has 0 bridgehead atoms. The van der Waals surface area contributed by atoms with E-state index < -0.39 is 83.5 Å². The molecule has 1 fully saturated rings. The number of phosphoric ester groups is 2. The van der Waals surface area contributed by atoms with Gasteiger partial charge in [-0.3, -0.25) is 23.2 Å². The Morgan fingerprint density at radius 2 is 0.971 bits per heavy atom. The van der Waals surface area contributed by atoms with Crippen LogP contribution in [-0.4, -0.2) is 114 Å². The van der Waals surface area contributed by atoms with Crippen molar-refractivity contribution in [2.45, 2.75) is 185 Å². The lowest BCUT2D eigenvalue weighted by Crippen LogP contribution is -2.64. The fraction of sp³-hybridized carbons (Fsp3) is 0.608. The Morgan fingerprint density at radius 1 is 0.514 bits per heavy atom. The number of rotatable bonds is 39. The Balaban J connectivity index is 2.69. The van der Waals surface area contributed by atoms with Gasteiger partial charge < -0.3 is 49.7 Å². The van der Waals surface area contributed by atoms with Crippen molar-refractivity contribution in [3.05, 3.63) is 109 Å². The molecule has 0 aromatic heterocycles. The molecule has 17 nitrogen and oxygen atoms in total. The van der Waals surface area contributed by atoms with Gasteiger partial charge in [0, 0.05) is 12.8 Å². The molecule has 6 unspecified atom stereocenters. The fourth-order valence-corrected chi connectivity index (χ4v) is 8.14. The highest BCUT2D eigenvalue weighted by Crippen LogP contribution is 2.49. The Hall–Kier alpha value is -3.38.